The fourth-order valence-electron chi connectivity index (χ4n) is 3.71. The highest BCUT2D eigenvalue weighted by atomic mass is 32.2. The molecule has 1 saturated heterocycles. The average molecular weight is 458 g/mol. The zero-order valence-corrected chi connectivity index (χ0v) is 19.9. The highest BCUT2D eigenvalue weighted by Crippen LogP contribution is 2.20. The van der Waals surface area contributed by atoms with Crippen molar-refractivity contribution < 1.29 is 18.0 Å². The zero-order valence-electron chi connectivity index (χ0n) is 19.0. The van der Waals surface area contributed by atoms with Crippen molar-refractivity contribution in [1.29, 1.82) is 0 Å². The summed E-state index contributed by atoms with van der Waals surface area (Å²) in [4.78, 5) is 28.7. The van der Waals surface area contributed by atoms with Gasteiger partial charge in [-0.05, 0) is 56.2 Å². The van der Waals surface area contributed by atoms with Crippen LogP contribution < -0.4 is 9.62 Å². The molecule has 1 atom stereocenters. The van der Waals surface area contributed by atoms with E-state index in [1.54, 1.807) is 29.2 Å². The van der Waals surface area contributed by atoms with E-state index in [4.69, 9.17) is 0 Å². The Morgan fingerprint density at radius 1 is 0.906 bits per heavy atom. The fraction of sp³-hybridized carbons (Fsp3) is 0.417. The van der Waals surface area contributed by atoms with Gasteiger partial charge in [-0.3, -0.25) is 9.59 Å². The maximum Gasteiger partial charge on any atom is 0.241 e. The second-order valence-corrected chi connectivity index (χ2v) is 10.3. The van der Waals surface area contributed by atoms with Gasteiger partial charge in [0.05, 0.1) is 4.90 Å². The topological polar surface area (TPSA) is 86.8 Å². The molecule has 2 aromatic carbocycles. The van der Waals surface area contributed by atoms with Crippen molar-refractivity contribution >= 4 is 27.4 Å². The first-order chi connectivity index (χ1) is 15.1. The standard InChI is InChI=1S/C24H31N3O4S/c1-17(2)23(25-32(30,31)22-11-5-18(3)6-12-22)24(29)27-15-13-26(14-16-27)21-9-7-20(8-10-21)19(4)28/h5-12,17,23,25H,13-16H2,1-4H3. The van der Waals surface area contributed by atoms with Crippen molar-refractivity contribution in [3.05, 3.63) is 59.7 Å². The van der Waals surface area contributed by atoms with Crippen molar-refractivity contribution in [2.24, 2.45) is 5.92 Å². The molecule has 0 bridgehead atoms. The van der Waals surface area contributed by atoms with Crippen LogP contribution in [0.25, 0.3) is 0 Å². The predicted molar refractivity (Wildman–Crippen MR) is 125 cm³/mol. The number of amides is 1. The summed E-state index contributed by atoms with van der Waals surface area (Å²) in [6.07, 6.45) is 0. The monoisotopic (exact) mass is 457 g/mol. The molecule has 0 aromatic heterocycles. The SMILES string of the molecule is CC(=O)c1ccc(N2CCN(C(=O)C(NS(=O)(=O)c3ccc(C)cc3)C(C)C)CC2)cc1. The van der Waals surface area contributed by atoms with Crippen LogP contribution in [0.1, 0.15) is 36.7 Å². The summed E-state index contributed by atoms with van der Waals surface area (Å²) in [6, 6.07) is 13.2. The molecule has 0 radical (unpaired) electrons. The van der Waals surface area contributed by atoms with Crippen molar-refractivity contribution in [2.75, 3.05) is 31.1 Å². The van der Waals surface area contributed by atoms with Crippen molar-refractivity contribution in [3.8, 4) is 0 Å². The normalized spacial score (nSPS) is 15.7. The molecule has 8 heteroatoms. The summed E-state index contributed by atoms with van der Waals surface area (Å²) >= 11 is 0. The maximum absolute atomic E-state index is 13.2. The lowest BCUT2D eigenvalue weighted by Gasteiger charge is -2.38. The number of anilines is 1. The van der Waals surface area contributed by atoms with Gasteiger partial charge in [-0.15, -0.1) is 0 Å². The second-order valence-electron chi connectivity index (χ2n) is 8.57. The summed E-state index contributed by atoms with van der Waals surface area (Å²) in [5, 5.41) is 0. The molecule has 1 aliphatic heterocycles. The summed E-state index contributed by atoms with van der Waals surface area (Å²) < 4.78 is 28.3. The Morgan fingerprint density at radius 3 is 1.97 bits per heavy atom. The summed E-state index contributed by atoms with van der Waals surface area (Å²) in [5.74, 6) is -0.373. The number of hydrogen-bond donors (Lipinski definition) is 1. The third-order valence-electron chi connectivity index (χ3n) is 5.78. The predicted octanol–water partition coefficient (Wildman–Crippen LogP) is 2.85. The van der Waals surface area contributed by atoms with E-state index in [9.17, 15) is 18.0 Å². The number of nitrogens with one attached hydrogen (secondary N) is 1. The largest absolute Gasteiger partial charge is 0.368 e. The van der Waals surface area contributed by atoms with E-state index in [1.165, 1.54) is 6.92 Å². The number of carbonyl (C=O) groups excluding carboxylic acids is 2. The highest BCUT2D eigenvalue weighted by molar-refractivity contribution is 7.89. The van der Waals surface area contributed by atoms with Crippen LogP contribution in [0.5, 0.6) is 0 Å². The quantitative estimate of drug-likeness (QED) is 0.646. The number of rotatable bonds is 7. The lowest BCUT2D eigenvalue weighted by molar-refractivity contribution is -0.134. The molecule has 2 aromatic rings. The summed E-state index contributed by atoms with van der Waals surface area (Å²) in [7, 11) is -3.81. The Balaban J connectivity index is 1.66. The van der Waals surface area contributed by atoms with Crippen LogP contribution in [0, 0.1) is 12.8 Å². The number of ketones is 1. The molecule has 3 rings (SSSR count). The number of hydrogen-bond acceptors (Lipinski definition) is 5. The van der Waals surface area contributed by atoms with Crippen LogP contribution in [-0.4, -0.2) is 57.2 Å². The first-order valence-corrected chi connectivity index (χ1v) is 12.3. The number of benzene rings is 2. The molecule has 0 saturated carbocycles. The van der Waals surface area contributed by atoms with E-state index in [0.29, 0.717) is 31.7 Å². The Hall–Kier alpha value is -2.71. The third-order valence-corrected chi connectivity index (χ3v) is 7.23. The van der Waals surface area contributed by atoms with Crippen molar-refractivity contribution in [1.82, 2.24) is 9.62 Å². The van der Waals surface area contributed by atoms with Crippen LogP contribution >= 0.6 is 0 Å². The van der Waals surface area contributed by atoms with Gasteiger partial charge in [-0.25, -0.2) is 8.42 Å². The Morgan fingerprint density at radius 2 is 1.47 bits per heavy atom. The van der Waals surface area contributed by atoms with Gasteiger partial charge in [0.25, 0.3) is 0 Å². The fourth-order valence-corrected chi connectivity index (χ4v) is 5.05. The van der Waals surface area contributed by atoms with E-state index in [2.05, 4.69) is 9.62 Å². The van der Waals surface area contributed by atoms with E-state index in [-0.39, 0.29) is 22.5 Å². The number of piperazine rings is 1. The molecule has 32 heavy (non-hydrogen) atoms. The minimum absolute atomic E-state index is 0.0276. The van der Waals surface area contributed by atoms with E-state index in [1.807, 2.05) is 45.0 Å². The van der Waals surface area contributed by atoms with Gasteiger partial charge in [0.15, 0.2) is 5.78 Å². The minimum Gasteiger partial charge on any atom is -0.368 e. The van der Waals surface area contributed by atoms with Crippen molar-refractivity contribution in [2.45, 2.75) is 38.6 Å². The Bertz CT molecular complexity index is 1060. The molecule has 1 fully saturated rings. The Kier molecular flexibility index (Phi) is 7.36. The molecular formula is C24H31N3O4S. The lowest BCUT2D eigenvalue weighted by Crippen LogP contribution is -2.56. The zero-order chi connectivity index (χ0) is 23.5. The van der Waals surface area contributed by atoms with Crippen LogP contribution in [0.2, 0.25) is 0 Å². The van der Waals surface area contributed by atoms with E-state index < -0.39 is 16.1 Å². The van der Waals surface area contributed by atoms with Crippen LogP contribution in [-0.2, 0) is 14.8 Å². The van der Waals surface area contributed by atoms with E-state index in [0.717, 1.165) is 11.3 Å². The highest BCUT2D eigenvalue weighted by Gasteiger charge is 2.33. The van der Waals surface area contributed by atoms with Gasteiger partial charge in [-0.2, -0.15) is 4.72 Å². The molecule has 0 aliphatic carbocycles. The molecule has 7 nitrogen and oxygen atoms in total. The molecule has 1 aliphatic rings. The van der Waals surface area contributed by atoms with Crippen LogP contribution in [0.15, 0.2) is 53.4 Å². The molecule has 0 spiro atoms. The summed E-state index contributed by atoms with van der Waals surface area (Å²) in [6.45, 7) is 9.40. The smallest absolute Gasteiger partial charge is 0.241 e. The van der Waals surface area contributed by atoms with Crippen molar-refractivity contribution in [3.63, 3.8) is 0 Å². The van der Waals surface area contributed by atoms with Crippen LogP contribution in [0.4, 0.5) is 5.69 Å². The van der Waals surface area contributed by atoms with Gasteiger partial charge in [-0.1, -0.05) is 31.5 Å². The van der Waals surface area contributed by atoms with Gasteiger partial charge in [0, 0.05) is 37.4 Å². The average Bonchev–Trinajstić information content (AvgIpc) is 2.77. The number of aryl methyl sites for hydroxylation is 1. The molecular weight excluding hydrogens is 426 g/mol. The van der Waals surface area contributed by atoms with Gasteiger partial charge < -0.3 is 9.80 Å². The first kappa shape index (κ1) is 23.9. The third kappa shape index (κ3) is 5.55. The summed E-state index contributed by atoms with van der Waals surface area (Å²) in [5.41, 5.74) is 2.64. The second kappa shape index (κ2) is 9.83. The molecule has 1 amide bonds. The van der Waals surface area contributed by atoms with E-state index >= 15 is 0 Å². The number of nitrogens with zero attached hydrogens (tertiary/aromatic N) is 2. The number of carbonyl (C=O) groups is 2. The Labute approximate surface area is 190 Å². The maximum atomic E-state index is 13.2. The minimum atomic E-state index is -3.81. The molecule has 1 unspecified atom stereocenters. The molecule has 1 N–H and O–H groups in total. The number of sulfonamides is 1. The van der Waals surface area contributed by atoms with Crippen LogP contribution in [0.3, 0.4) is 0 Å². The van der Waals surface area contributed by atoms with Gasteiger partial charge in [0.1, 0.15) is 6.04 Å². The molecule has 1 heterocycles. The van der Waals surface area contributed by atoms with Gasteiger partial charge in [0.2, 0.25) is 15.9 Å². The van der Waals surface area contributed by atoms with Gasteiger partial charge >= 0.3 is 0 Å². The lowest BCUT2D eigenvalue weighted by atomic mass is 10.0. The molecule has 172 valence electrons. The number of Topliss-reactive ketones (excluding diaryl/α,β-unsaturated/α-hetero) is 1. The first-order valence-electron chi connectivity index (χ1n) is 10.8.